The SMILES string of the molecule is CC(/C=C1/CCCN(C(=N)C2=C(NC3CCOCC3)CCNC2)/C1=C/C(C)C(F)F)c1cnc(N(C)C)s1. The van der Waals surface area contributed by atoms with Gasteiger partial charge in [-0.15, -0.1) is 11.3 Å². The molecule has 38 heavy (non-hydrogen) atoms. The maximum atomic E-state index is 13.7. The van der Waals surface area contributed by atoms with Crippen molar-refractivity contribution in [2.24, 2.45) is 5.92 Å². The molecule has 3 aliphatic heterocycles. The van der Waals surface area contributed by atoms with Gasteiger partial charge in [-0.2, -0.15) is 0 Å². The Morgan fingerprint density at radius 3 is 2.71 bits per heavy atom. The lowest BCUT2D eigenvalue weighted by Gasteiger charge is -2.37. The molecule has 0 saturated carbocycles. The number of likely N-dealkylation sites (tertiary alicyclic amines) is 1. The van der Waals surface area contributed by atoms with E-state index < -0.39 is 12.3 Å². The number of halogens is 2. The number of hydrogen-bond acceptors (Lipinski definition) is 7. The van der Waals surface area contributed by atoms with E-state index in [4.69, 9.17) is 4.74 Å². The van der Waals surface area contributed by atoms with E-state index in [1.54, 1.807) is 24.3 Å². The van der Waals surface area contributed by atoms with Crippen LogP contribution >= 0.6 is 11.3 Å². The zero-order chi connectivity index (χ0) is 27.2. The molecule has 2 atom stereocenters. The van der Waals surface area contributed by atoms with Crippen LogP contribution in [0.5, 0.6) is 0 Å². The van der Waals surface area contributed by atoms with Crippen molar-refractivity contribution < 1.29 is 13.5 Å². The number of amidine groups is 1. The van der Waals surface area contributed by atoms with Crippen molar-refractivity contribution in [1.29, 1.82) is 5.41 Å². The number of nitrogens with zero attached hydrogens (tertiary/aromatic N) is 3. The molecular weight excluding hydrogens is 506 g/mol. The molecule has 0 aromatic carbocycles. The zero-order valence-corrected chi connectivity index (χ0v) is 23.8. The number of allylic oxidation sites excluding steroid dienone is 3. The first-order valence-electron chi connectivity index (χ1n) is 13.7. The van der Waals surface area contributed by atoms with Crippen LogP contribution < -0.4 is 15.5 Å². The van der Waals surface area contributed by atoms with E-state index in [0.717, 1.165) is 84.4 Å². The van der Waals surface area contributed by atoms with Gasteiger partial charge in [0.2, 0.25) is 6.43 Å². The van der Waals surface area contributed by atoms with Crippen LogP contribution in [-0.2, 0) is 4.74 Å². The first kappa shape index (κ1) is 28.7. The van der Waals surface area contributed by atoms with Crippen LogP contribution in [-0.4, -0.2) is 75.1 Å². The highest BCUT2D eigenvalue weighted by molar-refractivity contribution is 7.15. The van der Waals surface area contributed by atoms with Crippen LogP contribution in [0.4, 0.5) is 13.9 Å². The number of piperidine rings is 1. The fourth-order valence-electron chi connectivity index (χ4n) is 5.17. The lowest BCUT2D eigenvalue weighted by molar-refractivity contribution is 0.0800. The molecule has 2 fully saturated rings. The van der Waals surface area contributed by atoms with Crippen LogP contribution in [0.15, 0.2) is 40.9 Å². The minimum absolute atomic E-state index is 0.0944. The third-order valence-corrected chi connectivity index (χ3v) is 8.80. The largest absolute Gasteiger partial charge is 0.385 e. The Morgan fingerprint density at radius 1 is 1.26 bits per heavy atom. The quantitative estimate of drug-likeness (QED) is 0.310. The summed E-state index contributed by atoms with van der Waals surface area (Å²) in [7, 11) is 3.95. The molecule has 0 spiro atoms. The molecule has 0 radical (unpaired) electrons. The van der Waals surface area contributed by atoms with Gasteiger partial charge in [0, 0.05) is 99.3 Å². The average Bonchev–Trinajstić information content (AvgIpc) is 3.41. The lowest BCUT2D eigenvalue weighted by atomic mass is 9.92. The van der Waals surface area contributed by atoms with Crippen LogP contribution in [0, 0.1) is 11.3 Å². The summed E-state index contributed by atoms with van der Waals surface area (Å²) in [5, 5.41) is 17.4. The van der Waals surface area contributed by atoms with Gasteiger partial charge in [-0.05, 0) is 31.3 Å². The van der Waals surface area contributed by atoms with Crippen LogP contribution in [0.1, 0.15) is 56.7 Å². The number of nitrogens with one attached hydrogen (secondary N) is 3. The molecular formula is C28H42F2N6OS. The van der Waals surface area contributed by atoms with Gasteiger partial charge in [0.05, 0.1) is 0 Å². The molecule has 1 aromatic rings. The second kappa shape index (κ2) is 13.2. The number of hydrogen-bond donors (Lipinski definition) is 3. The Labute approximate surface area is 229 Å². The third-order valence-electron chi connectivity index (χ3n) is 7.43. The number of thiazole rings is 1. The van der Waals surface area contributed by atoms with Crippen molar-refractivity contribution in [3.8, 4) is 0 Å². The van der Waals surface area contributed by atoms with Crippen molar-refractivity contribution in [2.45, 2.75) is 64.3 Å². The molecule has 1 aromatic heterocycles. The number of aromatic nitrogens is 1. The highest BCUT2D eigenvalue weighted by Gasteiger charge is 2.30. The van der Waals surface area contributed by atoms with Gasteiger partial charge in [-0.1, -0.05) is 26.0 Å². The zero-order valence-electron chi connectivity index (χ0n) is 23.0. The van der Waals surface area contributed by atoms with Gasteiger partial charge in [0.1, 0.15) is 5.84 Å². The van der Waals surface area contributed by atoms with Crippen LogP contribution in [0.2, 0.25) is 0 Å². The molecule has 0 bridgehead atoms. The van der Waals surface area contributed by atoms with E-state index in [9.17, 15) is 14.2 Å². The molecule has 4 heterocycles. The van der Waals surface area contributed by atoms with E-state index >= 15 is 0 Å². The average molecular weight is 549 g/mol. The van der Waals surface area contributed by atoms with Gasteiger partial charge in [-0.25, -0.2) is 13.8 Å². The summed E-state index contributed by atoms with van der Waals surface area (Å²) in [6.45, 7) is 7.29. The van der Waals surface area contributed by atoms with Gasteiger partial charge in [0.15, 0.2) is 5.13 Å². The molecule has 2 unspecified atom stereocenters. The number of ether oxygens (including phenoxy) is 1. The molecule has 0 aliphatic carbocycles. The third kappa shape index (κ3) is 7.01. The van der Waals surface area contributed by atoms with E-state index in [-0.39, 0.29) is 5.92 Å². The predicted octanol–water partition coefficient (Wildman–Crippen LogP) is 5.11. The molecule has 2 saturated heterocycles. The standard InChI is InChI=1S/C28H42F2N6OS/c1-18(25-17-33-28(38-25)35(3)4)14-20-6-5-11-36(24(20)15-19(2)26(29)30)27(31)22-16-32-10-7-23(22)34-21-8-12-37-13-9-21/h14-15,17-19,21,26,31-32,34H,5-13,16H2,1-4H3/b20-14-,24-15+,31-27?. The molecule has 3 N–H and O–H groups in total. The summed E-state index contributed by atoms with van der Waals surface area (Å²) in [6, 6.07) is 0.345. The number of rotatable bonds is 8. The fourth-order valence-corrected chi connectivity index (χ4v) is 6.03. The normalized spacial score (nSPS) is 23.3. The van der Waals surface area contributed by atoms with Crippen molar-refractivity contribution in [2.75, 3.05) is 51.8 Å². The first-order chi connectivity index (χ1) is 18.2. The number of anilines is 1. The van der Waals surface area contributed by atoms with E-state index in [2.05, 4.69) is 28.6 Å². The topological polar surface area (TPSA) is 76.5 Å². The molecule has 3 aliphatic rings. The van der Waals surface area contributed by atoms with Crippen molar-refractivity contribution >= 4 is 22.3 Å². The summed E-state index contributed by atoms with van der Waals surface area (Å²) in [6.07, 6.45) is 7.73. The van der Waals surface area contributed by atoms with Gasteiger partial charge < -0.3 is 25.2 Å². The Balaban J connectivity index is 1.64. The lowest BCUT2D eigenvalue weighted by Crippen LogP contribution is -2.44. The van der Waals surface area contributed by atoms with Gasteiger partial charge >= 0.3 is 0 Å². The van der Waals surface area contributed by atoms with Crippen LogP contribution in [0.25, 0.3) is 0 Å². The number of alkyl halides is 2. The van der Waals surface area contributed by atoms with E-state index in [0.29, 0.717) is 25.0 Å². The highest BCUT2D eigenvalue weighted by atomic mass is 32.1. The molecule has 10 heteroatoms. The van der Waals surface area contributed by atoms with E-state index in [1.165, 1.54) is 0 Å². The molecule has 210 valence electrons. The minimum atomic E-state index is -2.45. The summed E-state index contributed by atoms with van der Waals surface area (Å²) >= 11 is 1.65. The highest BCUT2D eigenvalue weighted by Crippen LogP contribution is 2.35. The van der Waals surface area contributed by atoms with Crippen molar-refractivity contribution in [3.05, 3.63) is 45.8 Å². The summed E-state index contributed by atoms with van der Waals surface area (Å²) in [4.78, 5) is 9.60. The summed E-state index contributed by atoms with van der Waals surface area (Å²) in [5.41, 5.74) is 3.82. The van der Waals surface area contributed by atoms with Crippen molar-refractivity contribution in [1.82, 2.24) is 20.5 Å². The Bertz CT molecular complexity index is 1060. The smallest absolute Gasteiger partial charge is 0.244 e. The first-order valence-corrected chi connectivity index (χ1v) is 14.5. The second-order valence-corrected chi connectivity index (χ2v) is 11.7. The second-order valence-electron chi connectivity index (χ2n) is 10.7. The van der Waals surface area contributed by atoms with E-state index in [1.807, 2.05) is 30.1 Å². The van der Waals surface area contributed by atoms with Crippen molar-refractivity contribution in [3.63, 3.8) is 0 Å². The monoisotopic (exact) mass is 548 g/mol. The molecule has 0 amide bonds. The molecule has 4 rings (SSSR count). The Hall–Kier alpha value is -2.30. The minimum Gasteiger partial charge on any atom is -0.385 e. The fraction of sp³-hybridized carbons (Fsp3) is 0.643. The van der Waals surface area contributed by atoms with Gasteiger partial charge in [0.25, 0.3) is 0 Å². The molecule has 7 nitrogen and oxygen atoms in total. The Kier molecular flexibility index (Phi) is 9.95. The van der Waals surface area contributed by atoms with Crippen LogP contribution in [0.3, 0.4) is 0 Å². The maximum absolute atomic E-state index is 13.7. The summed E-state index contributed by atoms with van der Waals surface area (Å²) in [5.74, 6) is -0.401. The summed E-state index contributed by atoms with van der Waals surface area (Å²) < 4.78 is 33.0. The van der Waals surface area contributed by atoms with Gasteiger partial charge in [-0.3, -0.25) is 5.41 Å². The predicted molar refractivity (Wildman–Crippen MR) is 151 cm³/mol. The maximum Gasteiger partial charge on any atom is 0.244 e. The Morgan fingerprint density at radius 2 is 2.03 bits per heavy atom.